The fourth-order valence-electron chi connectivity index (χ4n) is 2.41. The van der Waals surface area contributed by atoms with Crippen LogP contribution < -0.4 is 10.6 Å². The summed E-state index contributed by atoms with van der Waals surface area (Å²) in [6.45, 7) is 2.69. The van der Waals surface area contributed by atoms with Gasteiger partial charge < -0.3 is 10.6 Å². The molecule has 1 fully saturated rings. The van der Waals surface area contributed by atoms with Gasteiger partial charge in [-0.25, -0.2) is 4.39 Å². The lowest BCUT2D eigenvalue weighted by molar-refractivity contribution is -0.140. The molecule has 0 aliphatic carbocycles. The Hall–Kier alpha value is -1.63. The highest BCUT2D eigenvalue weighted by molar-refractivity contribution is 5.95. The Morgan fingerprint density at radius 2 is 2.10 bits per heavy atom. The lowest BCUT2D eigenvalue weighted by Crippen LogP contribution is -2.52. The Labute approximate surface area is 119 Å². The molecule has 2 N–H and O–H groups in total. The van der Waals surface area contributed by atoms with E-state index in [1.165, 1.54) is 0 Å². The Morgan fingerprint density at radius 3 is 2.71 bits per heavy atom. The van der Waals surface area contributed by atoms with Crippen LogP contribution in [0.3, 0.4) is 0 Å². The number of piperidine rings is 1. The Kier molecular flexibility index (Phi) is 4.51. The molecule has 116 valence electrons. The summed E-state index contributed by atoms with van der Waals surface area (Å²) in [7, 11) is 0. The molecule has 2 atom stereocenters. The van der Waals surface area contributed by atoms with E-state index in [1.54, 1.807) is 0 Å². The number of nitrogens with one attached hydrogen (secondary N) is 2. The first-order chi connectivity index (χ1) is 9.80. The smallest absolute Gasteiger partial charge is 0.348 e. The number of hydrogen-bond donors (Lipinski definition) is 2. The van der Waals surface area contributed by atoms with Crippen molar-refractivity contribution in [2.45, 2.75) is 38.0 Å². The van der Waals surface area contributed by atoms with Crippen LogP contribution in [0.4, 0.5) is 17.6 Å². The molecule has 1 saturated heterocycles. The molecule has 1 aliphatic heterocycles. The molecule has 0 spiro atoms. The summed E-state index contributed by atoms with van der Waals surface area (Å²) in [5, 5.41) is 5.75. The number of alkyl halides is 3. The zero-order chi connectivity index (χ0) is 15.6. The van der Waals surface area contributed by atoms with Crippen molar-refractivity contribution >= 4 is 5.91 Å². The monoisotopic (exact) mass is 304 g/mol. The van der Waals surface area contributed by atoms with Gasteiger partial charge in [0.05, 0.1) is 11.1 Å². The summed E-state index contributed by atoms with van der Waals surface area (Å²) >= 11 is 0. The van der Waals surface area contributed by atoms with E-state index in [4.69, 9.17) is 0 Å². The molecule has 0 radical (unpaired) electrons. The summed E-state index contributed by atoms with van der Waals surface area (Å²) in [5.74, 6) is -2.35. The highest BCUT2D eigenvalue weighted by atomic mass is 19.4. The van der Waals surface area contributed by atoms with E-state index < -0.39 is 29.0 Å². The number of halogens is 4. The van der Waals surface area contributed by atoms with Crippen molar-refractivity contribution in [2.24, 2.45) is 0 Å². The molecule has 3 nitrogen and oxygen atoms in total. The van der Waals surface area contributed by atoms with Crippen molar-refractivity contribution in [1.82, 2.24) is 10.6 Å². The topological polar surface area (TPSA) is 41.1 Å². The molecular weight excluding hydrogens is 288 g/mol. The summed E-state index contributed by atoms with van der Waals surface area (Å²) in [5.41, 5.74) is -2.01. The van der Waals surface area contributed by atoms with Gasteiger partial charge in [-0.1, -0.05) is 6.07 Å². The molecule has 21 heavy (non-hydrogen) atoms. The van der Waals surface area contributed by atoms with E-state index >= 15 is 0 Å². The summed E-state index contributed by atoms with van der Waals surface area (Å²) in [4.78, 5) is 12.0. The molecule has 1 aromatic rings. The largest absolute Gasteiger partial charge is 0.419 e. The van der Waals surface area contributed by atoms with Crippen molar-refractivity contribution in [3.8, 4) is 0 Å². The second-order valence-electron chi connectivity index (χ2n) is 5.13. The fourth-order valence-corrected chi connectivity index (χ4v) is 2.41. The van der Waals surface area contributed by atoms with E-state index in [1.807, 2.05) is 6.92 Å². The maximum Gasteiger partial charge on any atom is 0.419 e. The fraction of sp³-hybridized carbons (Fsp3) is 0.500. The first-order valence-electron chi connectivity index (χ1n) is 6.70. The predicted molar refractivity (Wildman–Crippen MR) is 69.4 cm³/mol. The summed E-state index contributed by atoms with van der Waals surface area (Å²) in [6.07, 6.45) is -3.26. The quantitative estimate of drug-likeness (QED) is 0.825. The highest BCUT2D eigenvalue weighted by Gasteiger charge is 2.36. The maximum atomic E-state index is 13.9. The van der Waals surface area contributed by atoms with Crippen LogP contribution in [0.2, 0.25) is 0 Å². The van der Waals surface area contributed by atoms with Crippen LogP contribution in [0, 0.1) is 5.82 Å². The second-order valence-corrected chi connectivity index (χ2v) is 5.13. The lowest BCUT2D eigenvalue weighted by Gasteiger charge is -2.30. The Morgan fingerprint density at radius 1 is 1.38 bits per heavy atom. The average Bonchev–Trinajstić information content (AvgIpc) is 2.40. The standard InChI is InChI=1S/C14H16F4N2O/c1-8-11(6-3-7-19-8)20-13(21)9-4-2-5-10(12(9)15)14(16,17)18/h2,4-5,8,11,19H,3,6-7H2,1H3,(H,20,21). The molecule has 0 saturated carbocycles. The number of hydrogen-bond acceptors (Lipinski definition) is 2. The van der Waals surface area contributed by atoms with E-state index in [-0.39, 0.29) is 12.1 Å². The molecule has 1 amide bonds. The van der Waals surface area contributed by atoms with Crippen LogP contribution in [-0.2, 0) is 6.18 Å². The molecule has 2 rings (SSSR count). The third-order valence-electron chi connectivity index (χ3n) is 3.63. The number of rotatable bonds is 2. The number of benzene rings is 1. The average molecular weight is 304 g/mol. The van der Waals surface area contributed by atoms with Crippen molar-refractivity contribution in [3.05, 3.63) is 35.1 Å². The first-order valence-corrected chi connectivity index (χ1v) is 6.70. The first kappa shape index (κ1) is 15.8. The second kappa shape index (κ2) is 6.01. The predicted octanol–water partition coefficient (Wildman–Crippen LogP) is 2.71. The number of carbonyl (C=O) groups is 1. The summed E-state index contributed by atoms with van der Waals surface area (Å²) < 4.78 is 51.8. The molecule has 0 aromatic heterocycles. The molecule has 1 heterocycles. The van der Waals surface area contributed by atoms with Crippen LogP contribution in [0.1, 0.15) is 35.7 Å². The minimum Gasteiger partial charge on any atom is -0.348 e. The van der Waals surface area contributed by atoms with Gasteiger partial charge >= 0.3 is 6.18 Å². The van der Waals surface area contributed by atoms with Gasteiger partial charge in [0.2, 0.25) is 0 Å². The molecule has 7 heteroatoms. The normalized spacial score (nSPS) is 22.9. The van der Waals surface area contributed by atoms with Crippen molar-refractivity contribution < 1.29 is 22.4 Å². The minimum absolute atomic E-state index is 0.00319. The lowest BCUT2D eigenvalue weighted by atomic mass is 9.99. The Balaban J connectivity index is 2.20. The van der Waals surface area contributed by atoms with Gasteiger partial charge in [0.15, 0.2) is 0 Å². The highest BCUT2D eigenvalue weighted by Crippen LogP contribution is 2.32. The third-order valence-corrected chi connectivity index (χ3v) is 3.63. The van der Waals surface area contributed by atoms with Gasteiger partial charge in [-0.3, -0.25) is 4.79 Å². The van der Waals surface area contributed by atoms with Gasteiger partial charge in [-0.2, -0.15) is 13.2 Å². The zero-order valence-corrected chi connectivity index (χ0v) is 11.4. The molecule has 2 unspecified atom stereocenters. The van der Waals surface area contributed by atoms with Crippen LogP contribution in [0.25, 0.3) is 0 Å². The van der Waals surface area contributed by atoms with Crippen molar-refractivity contribution in [3.63, 3.8) is 0 Å². The summed E-state index contributed by atoms with van der Waals surface area (Å²) in [6, 6.07) is 2.48. The zero-order valence-electron chi connectivity index (χ0n) is 11.4. The maximum absolute atomic E-state index is 13.9. The van der Waals surface area contributed by atoms with Crippen LogP contribution in [0.5, 0.6) is 0 Å². The van der Waals surface area contributed by atoms with E-state index in [0.29, 0.717) is 12.5 Å². The van der Waals surface area contributed by atoms with Crippen LogP contribution >= 0.6 is 0 Å². The van der Waals surface area contributed by atoms with E-state index in [9.17, 15) is 22.4 Å². The Bertz CT molecular complexity index is 530. The van der Waals surface area contributed by atoms with Gasteiger partial charge in [-0.15, -0.1) is 0 Å². The van der Waals surface area contributed by atoms with Crippen LogP contribution in [-0.4, -0.2) is 24.5 Å². The van der Waals surface area contributed by atoms with Gasteiger partial charge in [0.25, 0.3) is 5.91 Å². The minimum atomic E-state index is -4.82. The number of carbonyl (C=O) groups excluding carboxylic acids is 1. The van der Waals surface area contributed by atoms with Crippen LogP contribution in [0.15, 0.2) is 18.2 Å². The molecule has 1 aromatic carbocycles. The van der Waals surface area contributed by atoms with Crippen molar-refractivity contribution in [1.29, 1.82) is 0 Å². The molecule has 0 bridgehead atoms. The third kappa shape index (κ3) is 3.53. The number of amides is 1. The van der Waals surface area contributed by atoms with E-state index in [0.717, 1.165) is 25.1 Å². The van der Waals surface area contributed by atoms with E-state index in [2.05, 4.69) is 10.6 Å². The van der Waals surface area contributed by atoms with Crippen molar-refractivity contribution in [2.75, 3.05) is 6.54 Å². The van der Waals surface area contributed by atoms with Gasteiger partial charge in [0.1, 0.15) is 5.82 Å². The van der Waals surface area contributed by atoms with Gasteiger partial charge in [0, 0.05) is 12.1 Å². The SMILES string of the molecule is CC1NCCCC1NC(=O)c1cccc(C(F)(F)F)c1F. The molecule has 1 aliphatic rings. The van der Waals surface area contributed by atoms with Gasteiger partial charge in [-0.05, 0) is 38.4 Å². The molecular formula is C14H16F4N2O.